The molecule has 0 saturated heterocycles. The van der Waals surface area contributed by atoms with Crippen molar-refractivity contribution in [3.63, 3.8) is 0 Å². The first kappa shape index (κ1) is 14.6. The number of hydrogen-bond donors (Lipinski definition) is 3. The standard InChI is InChI=1S/C14H16N4O3/c1-18(9-12-15-6-7-16-12)14(21)17-11-5-3-2-4-10(11)8-13(19)20/h2-7H,8-9H2,1H3,(H,15,16)(H,17,21)(H,19,20). The summed E-state index contributed by atoms with van der Waals surface area (Å²) in [6.45, 7) is 0.333. The molecular weight excluding hydrogens is 272 g/mol. The van der Waals surface area contributed by atoms with Crippen LogP contribution < -0.4 is 5.32 Å². The number of hydrogen-bond acceptors (Lipinski definition) is 3. The maximum absolute atomic E-state index is 12.1. The molecule has 21 heavy (non-hydrogen) atoms. The molecular formula is C14H16N4O3. The van der Waals surface area contributed by atoms with Crippen molar-refractivity contribution in [2.45, 2.75) is 13.0 Å². The van der Waals surface area contributed by atoms with Crippen molar-refractivity contribution >= 4 is 17.7 Å². The zero-order valence-corrected chi connectivity index (χ0v) is 11.5. The number of amides is 2. The number of imidazole rings is 1. The summed E-state index contributed by atoms with van der Waals surface area (Å²) in [4.78, 5) is 31.3. The van der Waals surface area contributed by atoms with Gasteiger partial charge >= 0.3 is 12.0 Å². The average molecular weight is 288 g/mol. The Kier molecular flexibility index (Phi) is 4.55. The van der Waals surface area contributed by atoms with Gasteiger partial charge in [-0.05, 0) is 11.6 Å². The van der Waals surface area contributed by atoms with Gasteiger partial charge in [0, 0.05) is 25.1 Å². The molecule has 2 rings (SSSR count). The Morgan fingerprint density at radius 2 is 2.14 bits per heavy atom. The van der Waals surface area contributed by atoms with Gasteiger partial charge in [-0.3, -0.25) is 4.79 Å². The van der Waals surface area contributed by atoms with E-state index in [0.717, 1.165) is 0 Å². The molecule has 0 aliphatic rings. The van der Waals surface area contributed by atoms with E-state index in [1.54, 1.807) is 43.7 Å². The van der Waals surface area contributed by atoms with Crippen LogP contribution in [0.3, 0.4) is 0 Å². The molecule has 1 heterocycles. The summed E-state index contributed by atoms with van der Waals surface area (Å²) >= 11 is 0. The first-order valence-electron chi connectivity index (χ1n) is 6.36. The van der Waals surface area contributed by atoms with Gasteiger partial charge in [-0.2, -0.15) is 0 Å². The van der Waals surface area contributed by atoms with E-state index in [4.69, 9.17) is 5.11 Å². The summed E-state index contributed by atoms with van der Waals surface area (Å²) in [5, 5.41) is 11.6. The van der Waals surface area contributed by atoms with Gasteiger partial charge in [0.1, 0.15) is 5.82 Å². The fourth-order valence-electron chi connectivity index (χ4n) is 1.85. The number of anilines is 1. The molecule has 0 spiro atoms. The molecule has 0 saturated carbocycles. The lowest BCUT2D eigenvalue weighted by atomic mass is 10.1. The molecule has 0 aliphatic heterocycles. The SMILES string of the molecule is CN(Cc1ncc[nH]1)C(=O)Nc1ccccc1CC(=O)O. The van der Waals surface area contributed by atoms with Gasteiger partial charge in [-0.25, -0.2) is 9.78 Å². The molecule has 0 unspecified atom stereocenters. The fraction of sp³-hybridized carbons (Fsp3) is 0.214. The van der Waals surface area contributed by atoms with Gasteiger partial charge in [0.05, 0.1) is 13.0 Å². The van der Waals surface area contributed by atoms with Gasteiger partial charge in [-0.15, -0.1) is 0 Å². The Bertz CT molecular complexity index is 625. The van der Waals surface area contributed by atoms with E-state index in [0.29, 0.717) is 23.6 Å². The topological polar surface area (TPSA) is 98.3 Å². The molecule has 0 atom stereocenters. The minimum atomic E-state index is -0.944. The number of nitrogens with zero attached hydrogens (tertiary/aromatic N) is 2. The number of para-hydroxylation sites is 1. The number of nitrogens with one attached hydrogen (secondary N) is 2. The second kappa shape index (κ2) is 6.56. The summed E-state index contributed by atoms with van der Waals surface area (Å²) in [5.74, 6) is -0.271. The Labute approximate surface area is 121 Å². The van der Waals surface area contributed by atoms with Crippen molar-refractivity contribution in [2.75, 3.05) is 12.4 Å². The molecule has 1 aromatic carbocycles. The highest BCUT2D eigenvalue weighted by Crippen LogP contribution is 2.16. The summed E-state index contributed by atoms with van der Waals surface area (Å²) in [6, 6.07) is 6.51. The van der Waals surface area contributed by atoms with Crippen LogP contribution in [0.15, 0.2) is 36.7 Å². The highest BCUT2D eigenvalue weighted by Gasteiger charge is 2.13. The molecule has 2 amide bonds. The lowest BCUT2D eigenvalue weighted by Gasteiger charge is -2.18. The number of carboxylic acid groups (broad SMARTS) is 1. The number of urea groups is 1. The second-order valence-electron chi connectivity index (χ2n) is 4.55. The normalized spacial score (nSPS) is 10.1. The molecule has 1 aromatic heterocycles. The quantitative estimate of drug-likeness (QED) is 0.779. The molecule has 0 fully saturated rings. The van der Waals surface area contributed by atoms with E-state index in [1.807, 2.05) is 0 Å². The molecule has 0 radical (unpaired) electrons. The summed E-state index contributed by atoms with van der Waals surface area (Å²) in [6.07, 6.45) is 3.16. The lowest BCUT2D eigenvalue weighted by molar-refractivity contribution is -0.136. The number of aromatic amines is 1. The average Bonchev–Trinajstić information content (AvgIpc) is 2.93. The predicted octanol–water partition coefficient (Wildman–Crippen LogP) is 1.70. The minimum Gasteiger partial charge on any atom is -0.481 e. The maximum atomic E-state index is 12.1. The van der Waals surface area contributed by atoms with Gasteiger partial charge < -0.3 is 20.3 Å². The van der Waals surface area contributed by atoms with Gasteiger partial charge in [0.25, 0.3) is 0 Å². The Morgan fingerprint density at radius 3 is 2.81 bits per heavy atom. The molecule has 0 bridgehead atoms. The van der Waals surface area contributed by atoms with Crippen LogP contribution in [0.5, 0.6) is 0 Å². The van der Waals surface area contributed by atoms with E-state index in [1.165, 1.54) is 4.90 Å². The molecule has 110 valence electrons. The van der Waals surface area contributed by atoms with Crippen LogP contribution in [0.1, 0.15) is 11.4 Å². The highest BCUT2D eigenvalue weighted by atomic mass is 16.4. The zero-order valence-electron chi connectivity index (χ0n) is 11.5. The molecule has 7 nitrogen and oxygen atoms in total. The third kappa shape index (κ3) is 4.07. The van der Waals surface area contributed by atoms with Crippen LogP contribution in [0.2, 0.25) is 0 Å². The van der Waals surface area contributed by atoms with Crippen molar-refractivity contribution < 1.29 is 14.7 Å². The van der Waals surface area contributed by atoms with Crippen LogP contribution >= 0.6 is 0 Å². The summed E-state index contributed by atoms with van der Waals surface area (Å²) in [5.41, 5.74) is 1.06. The van der Waals surface area contributed by atoms with Crippen LogP contribution in [-0.2, 0) is 17.8 Å². The second-order valence-corrected chi connectivity index (χ2v) is 4.55. The van der Waals surface area contributed by atoms with Crippen molar-refractivity contribution in [3.8, 4) is 0 Å². The molecule has 2 aromatic rings. The lowest BCUT2D eigenvalue weighted by Crippen LogP contribution is -2.31. The Balaban J connectivity index is 2.03. The minimum absolute atomic E-state index is 0.141. The number of aliphatic carboxylic acids is 1. The third-order valence-corrected chi connectivity index (χ3v) is 2.89. The molecule has 0 aliphatic carbocycles. The first-order chi connectivity index (χ1) is 10.1. The molecule has 7 heteroatoms. The predicted molar refractivity (Wildman–Crippen MR) is 76.9 cm³/mol. The van der Waals surface area contributed by atoms with E-state index >= 15 is 0 Å². The van der Waals surface area contributed by atoms with Crippen molar-refractivity contribution in [3.05, 3.63) is 48.0 Å². The number of benzene rings is 1. The van der Waals surface area contributed by atoms with Crippen LogP contribution in [0.25, 0.3) is 0 Å². The fourth-order valence-corrected chi connectivity index (χ4v) is 1.85. The summed E-state index contributed by atoms with van der Waals surface area (Å²) in [7, 11) is 1.64. The first-order valence-corrected chi connectivity index (χ1v) is 6.36. The summed E-state index contributed by atoms with van der Waals surface area (Å²) < 4.78 is 0. The molecule has 3 N–H and O–H groups in total. The van der Waals surface area contributed by atoms with Gasteiger partial charge in [0.2, 0.25) is 0 Å². The van der Waals surface area contributed by atoms with Crippen LogP contribution in [-0.4, -0.2) is 39.0 Å². The number of aromatic nitrogens is 2. The van der Waals surface area contributed by atoms with E-state index in [-0.39, 0.29) is 12.5 Å². The van der Waals surface area contributed by atoms with E-state index in [2.05, 4.69) is 15.3 Å². The zero-order chi connectivity index (χ0) is 15.2. The number of carboxylic acids is 1. The number of carbonyl (C=O) groups is 2. The largest absolute Gasteiger partial charge is 0.481 e. The van der Waals surface area contributed by atoms with Crippen LogP contribution in [0.4, 0.5) is 10.5 Å². The van der Waals surface area contributed by atoms with Gasteiger partial charge in [-0.1, -0.05) is 18.2 Å². The van der Waals surface area contributed by atoms with Crippen molar-refractivity contribution in [1.82, 2.24) is 14.9 Å². The Hall–Kier alpha value is -2.83. The smallest absolute Gasteiger partial charge is 0.321 e. The monoisotopic (exact) mass is 288 g/mol. The number of H-pyrrole nitrogens is 1. The van der Waals surface area contributed by atoms with Crippen LogP contribution in [0, 0.1) is 0 Å². The maximum Gasteiger partial charge on any atom is 0.321 e. The number of carbonyl (C=O) groups excluding carboxylic acids is 1. The number of rotatable bonds is 5. The van der Waals surface area contributed by atoms with Crippen molar-refractivity contribution in [1.29, 1.82) is 0 Å². The van der Waals surface area contributed by atoms with Gasteiger partial charge in [0.15, 0.2) is 0 Å². The highest BCUT2D eigenvalue weighted by molar-refractivity contribution is 5.90. The van der Waals surface area contributed by atoms with E-state index < -0.39 is 5.97 Å². The van der Waals surface area contributed by atoms with E-state index in [9.17, 15) is 9.59 Å². The Morgan fingerprint density at radius 1 is 1.38 bits per heavy atom. The third-order valence-electron chi connectivity index (χ3n) is 2.89. The van der Waals surface area contributed by atoms with Crippen molar-refractivity contribution in [2.24, 2.45) is 0 Å².